The Kier molecular flexibility index (Phi) is 2.81. The van der Waals surface area contributed by atoms with Crippen LogP contribution in [-0.4, -0.2) is 18.1 Å². The molecule has 3 aromatic rings. The molecule has 1 aliphatic heterocycles. The van der Waals surface area contributed by atoms with Crippen LogP contribution in [0.4, 0.5) is 11.7 Å². The number of nitrogens with two attached hydrogens (primary N) is 1. The molecule has 4 heteroatoms. The number of para-hydroxylation sites is 1. The van der Waals surface area contributed by atoms with Gasteiger partial charge < -0.3 is 15.1 Å². The minimum absolute atomic E-state index is 0.667. The number of aromatic nitrogens is 1. The third-order valence-corrected chi connectivity index (χ3v) is 4.13. The van der Waals surface area contributed by atoms with Crippen LogP contribution < -0.4 is 10.6 Å². The van der Waals surface area contributed by atoms with E-state index in [4.69, 9.17) is 10.2 Å². The average Bonchev–Trinajstić information content (AvgIpc) is 2.82. The van der Waals surface area contributed by atoms with E-state index in [0.29, 0.717) is 11.7 Å². The SMILES string of the molecule is Nc1cccc2oc(N3CCc4ccccc4CC3)nc12. The molecule has 21 heavy (non-hydrogen) atoms. The predicted molar refractivity (Wildman–Crippen MR) is 84.5 cm³/mol. The Labute approximate surface area is 123 Å². The quantitative estimate of drug-likeness (QED) is 0.696. The van der Waals surface area contributed by atoms with Gasteiger partial charge in [-0.15, -0.1) is 0 Å². The van der Waals surface area contributed by atoms with Crippen molar-refractivity contribution in [3.63, 3.8) is 0 Å². The Hall–Kier alpha value is -2.49. The minimum Gasteiger partial charge on any atom is -0.423 e. The summed E-state index contributed by atoms with van der Waals surface area (Å²) in [6.45, 7) is 1.84. The largest absolute Gasteiger partial charge is 0.423 e. The van der Waals surface area contributed by atoms with Gasteiger partial charge in [-0.25, -0.2) is 0 Å². The van der Waals surface area contributed by atoms with Crippen LogP contribution in [0.15, 0.2) is 46.9 Å². The third-order valence-electron chi connectivity index (χ3n) is 4.13. The molecule has 4 rings (SSSR count). The lowest BCUT2D eigenvalue weighted by Crippen LogP contribution is -2.26. The van der Waals surface area contributed by atoms with Crippen molar-refractivity contribution >= 4 is 22.8 Å². The summed E-state index contributed by atoms with van der Waals surface area (Å²) in [5.74, 6) is 0. The van der Waals surface area contributed by atoms with Gasteiger partial charge in [-0.1, -0.05) is 30.3 Å². The summed E-state index contributed by atoms with van der Waals surface area (Å²) in [6, 6.07) is 15.0. The molecule has 0 unspecified atom stereocenters. The molecule has 0 amide bonds. The fourth-order valence-corrected chi connectivity index (χ4v) is 2.95. The predicted octanol–water partition coefficient (Wildman–Crippen LogP) is 3.02. The summed E-state index contributed by atoms with van der Waals surface area (Å²) < 4.78 is 5.88. The average molecular weight is 279 g/mol. The van der Waals surface area contributed by atoms with Crippen LogP contribution in [0.3, 0.4) is 0 Å². The molecule has 1 aromatic heterocycles. The van der Waals surface area contributed by atoms with Gasteiger partial charge in [0.25, 0.3) is 6.01 Å². The van der Waals surface area contributed by atoms with Crippen molar-refractivity contribution in [2.45, 2.75) is 12.8 Å². The zero-order valence-corrected chi connectivity index (χ0v) is 11.7. The zero-order valence-electron chi connectivity index (χ0n) is 11.7. The zero-order chi connectivity index (χ0) is 14.2. The number of anilines is 2. The molecule has 0 saturated heterocycles. The summed E-state index contributed by atoms with van der Waals surface area (Å²) in [5, 5.41) is 0. The highest BCUT2D eigenvalue weighted by molar-refractivity contribution is 5.86. The van der Waals surface area contributed by atoms with Gasteiger partial charge in [0.15, 0.2) is 5.58 Å². The molecule has 0 fully saturated rings. The Balaban J connectivity index is 1.66. The Bertz CT molecular complexity index is 767. The van der Waals surface area contributed by atoms with E-state index in [1.54, 1.807) is 0 Å². The maximum atomic E-state index is 5.96. The van der Waals surface area contributed by atoms with Gasteiger partial charge >= 0.3 is 0 Å². The smallest absolute Gasteiger partial charge is 0.298 e. The first kappa shape index (κ1) is 12.3. The number of fused-ring (bicyclic) bond motifs is 2. The van der Waals surface area contributed by atoms with Gasteiger partial charge in [-0.05, 0) is 36.1 Å². The lowest BCUT2D eigenvalue weighted by Gasteiger charge is -2.17. The van der Waals surface area contributed by atoms with Crippen molar-refractivity contribution in [3.8, 4) is 0 Å². The first-order chi connectivity index (χ1) is 10.3. The van der Waals surface area contributed by atoms with E-state index in [1.165, 1.54) is 11.1 Å². The Morgan fingerprint density at radius 2 is 1.67 bits per heavy atom. The first-order valence-electron chi connectivity index (χ1n) is 7.28. The topological polar surface area (TPSA) is 55.3 Å². The van der Waals surface area contributed by atoms with Gasteiger partial charge in [-0.3, -0.25) is 0 Å². The minimum atomic E-state index is 0.667. The second-order valence-electron chi connectivity index (χ2n) is 5.45. The summed E-state index contributed by atoms with van der Waals surface area (Å²) in [4.78, 5) is 6.78. The van der Waals surface area contributed by atoms with E-state index < -0.39 is 0 Å². The molecule has 1 aliphatic rings. The Morgan fingerprint density at radius 3 is 2.33 bits per heavy atom. The fraction of sp³-hybridized carbons (Fsp3) is 0.235. The summed E-state index contributed by atoms with van der Waals surface area (Å²) in [5.41, 5.74) is 11.0. The number of benzene rings is 2. The van der Waals surface area contributed by atoms with Crippen molar-refractivity contribution in [2.24, 2.45) is 0 Å². The highest BCUT2D eigenvalue weighted by Crippen LogP contribution is 2.27. The molecule has 0 bridgehead atoms. The molecule has 0 atom stereocenters. The molecule has 2 heterocycles. The molecular formula is C17H17N3O. The number of hydrogen-bond acceptors (Lipinski definition) is 4. The summed E-state index contributed by atoms with van der Waals surface area (Å²) >= 11 is 0. The second-order valence-corrected chi connectivity index (χ2v) is 5.45. The molecule has 0 saturated carbocycles. The third kappa shape index (κ3) is 2.13. The number of oxazole rings is 1. The maximum absolute atomic E-state index is 5.96. The van der Waals surface area contributed by atoms with E-state index in [1.807, 2.05) is 18.2 Å². The number of rotatable bonds is 1. The normalized spacial score (nSPS) is 15.0. The molecule has 106 valence electrons. The van der Waals surface area contributed by atoms with Gasteiger partial charge in [0.05, 0.1) is 5.69 Å². The van der Waals surface area contributed by atoms with Gasteiger partial charge in [0, 0.05) is 13.1 Å². The lowest BCUT2D eigenvalue weighted by atomic mass is 10.0. The molecule has 0 radical (unpaired) electrons. The standard InChI is InChI=1S/C17H17N3O/c18-14-6-3-7-15-16(14)19-17(21-15)20-10-8-12-4-1-2-5-13(12)9-11-20/h1-7H,8-11,18H2. The number of nitrogens with zero attached hydrogens (tertiary/aromatic N) is 2. The number of nitrogen functional groups attached to an aromatic ring is 1. The molecular weight excluding hydrogens is 262 g/mol. The van der Waals surface area contributed by atoms with Crippen LogP contribution in [0.1, 0.15) is 11.1 Å². The highest BCUT2D eigenvalue weighted by atomic mass is 16.4. The molecule has 0 aliphatic carbocycles. The molecule has 0 spiro atoms. The van der Waals surface area contributed by atoms with Crippen molar-refractivity contribution < 1.29 is 4.42 Å². The molecule has 2 aromatic carbocycles. The van der Waals surface area contributed by atoms with Crippen LogP contribution in [-0.2, 0) is 12.8 Å². The summed E-state index contributed by atoms with van der Waals surface area (Å²) in [7, 11) is 0. The maximum Gasteiger partial charge on any atom is 0.298 e. The van der Waals surface area contributed by atoms with Crippen LogP contribution in [0, 0.1) is 0 Å². The van der Waals surface area contributed by atoms with E-state index >= 15 is 0 Å². The Morgan fingerprint density at radius 1 is 0.952 bits per heavy atom. The summed E-state index contributed by atoms with van der Waals surface area (Å²) in [6.07, 6.45) is 2.04. The molecule has 4 nitrogen and oxygen atoms in total. The first-order valence-corrected chi connectivity index (χ1v) is 7.28. The number of hydrogen-bond donors (Lipinski definition) is 1. The van der Waals surface area contributed by atoms with Crippen LogP contribution in [0.25, 0.3) is 11.1 Å². The molecule has 2 N–H and O–H groups in total. The van der Waals surface area contributed by atoms with Crippen molar-refractivity contribution in [2.75, 3.05) is 23.7 Å². The van der Waals surface area contributed by atoms with E-state index in [2.05, 4.69) is 34.1 Å². The highest BCUT2D eigenvalue weighted by Gasteiger charge is 2.18. The van der Waals surface area contributed by atoms with Gasteiger partial charge in [0.1, 0.15) is 5.52 Å². The van der Waals surface area contributed by atoms with E-state index in [9.17, 15) is 0 Å². The van der Waals surface area contributed by atoms with E-state index in [0.717, 1.165) is 37.0 Å². The fourth-order valence-electron chi connectivity index (χ4n) is 2.95. The van der Waals surface area contributed by atoms with Crippen molar-refractivity contribution in [1.29, 1.82) is 0 Å². The van der Waals surface area contributed by atoms with Crippen LogP contribution in [0.5, 0.6) is 0 Å². The van der Waals surface area contributed by atoms with Gasteiger partial charge in [0.2, 0.25) is 0 Å². The lowest BCUT2D eigenvalue weighted by molar-refractivity contribution is 0.569. The van der Waals surface area contributed by atoms with Crippen molar-refractivity contribution in [1.82, 2.24) is 4.98 Å². The van der Waals surface area contributed by atoms with Gasteiger partial charge in [-0.2, -0.15) is 4.98 Å². The van der Waals surface area contributed by atoms with Crippen molar-refractivity contribution in [3.05, 3.63) is 53.6 Å². The van der Waals surface area contributed by atoms with E-state index in [-0.39, 0.29) is 0 Å². The second kappa shape index (κ2) is 4.81. The van der Waals surface area contributed by atoms with Crippen LogP contribution in [0.2, 0.25) is 0 Å². The van der Waals surface area contributed by atoms with Crippen LogP contribution >= 0.6 is 0 Å². The monoisotopic (exact) mass is 279 g/mol.